The second-order valence-corrected chi connectivity index (χ2v) is 6.11. The Kier molecular flexibility index (Phi) is 11.2. The minimum absolute atomic E-state index is 0.168. The predicted octanol–water partition coefficient (Wildman–Crippen LogP) is 5.18. The van der Waals surface area contributed by atoms with Crippen molar-refractivity contribution >= 4 is 5.91 Å². The SMILES string of the molecule is CC.CCC.N#Cc1ccc(CNC(=O)c2cnn(Cc3ccccc3)c2)cc1. The summed E-state index contributed by atoms with van der Waals surface area (Å²) in [7, 11) is 0. The zero-order valence-corrected chi connectivity index (χ0v) is 17.7. The maximum Gasteiger partial charge on any atom is 0.254 e. The minimum atomic E-state index is -0.168. The monoisotopic (exact) mass is 390 g/mol. The number of amides is 1. The van der Waals surface area contributed by atoms with E-state index in [0.29, 0.717) is 24.2 Å². The van der Waals surface area contributed by atoms with Crippen LogP contribution in [0.3, 0.4) is 0 Å². The van der Waals surface area contributed by atoms with E-state index in [9.17, 15) is 4.79 Å². The van der Waals surface area contributed by atoms with E-state index in [1.165, 1.54) is 6.42 Å². The highest BCUT2D eigenvalue weighted by atomic mass is 16.1. The molecule has 5 heteroatoms. The van der Waals surface area contributed by atoms with E-state index in [1.807, 2.05) is 56.3 Å². The Morgan fingerprint density at radius 1 is 1.03 bits per heavy atom. The van der Waals surface area contributed by atoms with Crippen molar-refractivity contribution in [2.24, 2.45) is 0 Å². The summed E-state index contributed by atoms with van der Waals surface area (Å²) in [5.41, 5.74) is 3.20. The smallest absolute Gasteiger partial charge is 0.254 e. The maximum atomic E-state index is 12.2. The summed E-state index contributed by atoms with van der Waals surface area (Å²) in [5.74, 6) is -0.168. The Morgan fingerprint density at radius 3 is 2.24 bits per heavy atom. The molecule has 0 atom stereocenters. The molecule has 3 rings (SSSR count). The number of carbonyl (C=O) groups is 1. The third kappa shape index (κ3) is 8.44. The van der Waals surface area contributed by atoms with Gasteiger partial charge in [-0.3, -0.25) is 9.48 Å². The number of carbonyl (C=O) groups excluding carboxylic acids is 1. The lowest BCUT2D eigenvalue weighted by Gasteiger charge is -2.04. The van der Waals surface area contributed by atoms with E-state index in [-0.39, 0.29) is 5.91 Å². The molecule has 0 aliphatic carbocycles. The third-order valence-electron chi connectivity index (χ3n) is 3.62. The van der Waals surface area contributed by atoms with E-state index in [1.54, 1.807) is 29.2 Å². The van der Waals surface area contributed by atoms with Gasteiger partial charge in [0.05, 0.1) is 29.9 Å². The second-order valence-electron chi connectivity index (χ2n) is 6.11. The Labute approximate surface area is 174 Å². The van der Waals surface area contributed by atoms with Gasteiger partial charge in [0, 0.05) is 12.7 Å². The third-order valence-corrected chi connectivity index (χ3v) is 3.62. The van der Waals surface area contributed by atoms with Crippen molar-refractivity contribution in [3.8, 4) is 6.07 Å². The van der Waals surface area contributed by atoms with Crippen LogP contribution in [-0.4, -0.2) is 15.7 Å². The van der Waals surface area contributed by atoms with Gasteiger partial charge in [0.2, 0.25) is 0 Å². The van der Waals surface area contributed by atoms with E-state index in [0.717, 1.165) is 11.1 Å². The normalized spacial score (nSPS) is 9.21. The molecular formula is C24H30N4O. The standard InChI is InChI=1S/C19H16N4O.C3H8.C2H6/c20-10-15-6-8-16(9-7-15)11-21-19(24)18-12-22-23(14-18)13-17-4-2-1-3-5-17;1-3-2;1-2/h1-9,12,14H,11,13H2,(H,21,24);3H2,1-2H3;1-2H3. The van der Waals surface area contributed by atoms with Gasteiger partial charge in [-0.2, -0.15) is 10.4 Å². The van der Waals surface area contributed by atoms with E-state index in [4.69, 9.17) is 5.26 Å². The molecule has 0 unspecified atom stereocenters. The van der Waals surface area contributed by atoms with Crippen LogP contribution in [0.5, 0.6) is 0 Å². The lowest BCUT2D eigenvalue weighted by Crippen LogP contribution is -2.22. The molecule has 0 spiro atoms. The van der Waals surface area contributed by atoms with Gasteiger partial charge in [-0.05, 0) is 23.3 Å². The van der Waals surface area contributed by atoms with Crippen molar-refractivity contribution in [3.05, 3.63) is 89.2 Å². The molecule has 1 aromatic heterocycles. The Balaban J connectivity index is 0.000000771. The molecule has 0 aliphatic heterocycles. The van der Waals surface area contributed by atoms with Crippen LogP contribution in [0.2, 0.25) is 0 Å². The van der Waals surface area contributed by atoms with Gasteiger partial charge in [-0.15, -0.1) is 0 Å². The molecule has 0 saturated carbocycles. The van der Waals surface area contributed by atoms with Crippen LogP contribution in [0.4, 0.5) is 0 Å². The average molecular weight is 391 g/mol. The highest BCUT2D eigenvalue weighted by molar-refractivity contribution is 5.93. The van der Waals surface area contributed by atoms with Crippen molar-refractivity contribution in [1.82, 2.24) is 15.1 Å². The molecule has 5 nitrogen and oxygen atoms in total. The molecule has 0 fully saturated rings. The van der Waals surface area contributed by atoms with E-state index < -0.39 is 0 Å². The molecule has 1 N–H and O–H groups in total. The van der Waals surface area contributed by atoms with Crippen LogP contribution in [0.15, 0.2) is 67.0 Å². The number of hydrogen-bond acceptors (Lipinski definition) is 3. The van der Waals surface area contributed by atoms with Crippen molar-refractivity contribution in [3.63, 3.8) is 0 Å². The van der Waals surface area contributed by atoms with Gasteiger partial charge >= 0.3 is 0 Å². The zero-order chi connectivity index (χ0) is 21.5. The Bertz CT molecular complexity index is 877. The number of nitrogens with zero attached hydrogens (tertiary/aromatic N) is 3. The molecule has 0 radical (unpaired) electrons. The fourth-order valence-electron chi connectivity index (χ4n) is 2.32. The molecule has 29 heavy (non-hydrogen) atoms. The summed E-state index contributed by atoms with van der Waals surface area (Å²) in [5, 5.41) is 15.9. The molecular weight excluding hydrogens is 360 g/mol. The van der Waals surface area contributed by atoms with Gasteiger partial charge in [-0.25, -0.2) is 0 Å². The first-order chi connectivity index (χ1) is 14.2. The number of aromatic nitrogens is 2. The molecule has 0 aliphatic rings. The van der Waals surface area contributed by atoms with Gasteiger partial charge in [0.25, 0.3) is 5.91 Å². The van der Waals surface area contributed by atoms with E-state index in [2.05, 4.69) is 30.3 Å². The fraction of sp³-hybridized carbons (Fsp3) is 0.292. The van der Waals surface area contributed by atoms with Crippen molar-refractivity contribution in [1.29, 1.82) is 5.26 Å². The van der Waals surface area contributed by atoms with Crippen molar-refractivity contribution < 1.29 is 4.79 Å². The average Bonchev–Trinajstić information content (AvgIpc) is 3.24. The first-order valence-electron chi connectivity index (χ1n) is 9.99. The van der Waals surface area contributed by atoms with Crippen LogP contribution in [0, 0.1) is 11.3 Å². The van der Waals surface area contributed by atoms with Crippen LogP contribution in [0.1, 0.15) is 61.2 Å². The van der Waals surface area contributed by atoms with E-state index >= 15 is 0 Å². The van der Waals surface area contributed by atoms with Gasteiger partial charge < -0.3 is 5.32 Å². The van der Waals surface area contributed by atoms with Gasteiger partial charge in [0.1, 0.15) is 0 Å². The van der Waals surface area contributed by atoms with Gasteiger partial charge in [-0.1, -0.05) is 76.6 Å². The predicted molar refractivity (Wildman–Crippen MR) is 117 cm³/mol. The molecule has 0 bridgehead atoms. The summed E-state index contributed by atoms with van der Waals surface area (Å²) in [6, 6.07) is 19.2. The number of nitrogens with one attached hydrogen (secondary N) is 1. The molecule has 1 heterocycles. The first-order valence-corrected chi connectivity index (χ1v) is 9.99. The zero-order valence-electron chi connectivity index (χ0n) is 17.7. The minimum Gasteiger partial charge on any atom is -0.348 e. The summed E-state index contributed by atoms with van der Waals surface area (Å²) >= 11 is 0. The Morgan fingerprint density at radius 2 is 1.66 bits per heavy atom. The molecule has 152 valence electrons. The quantitative estimate of drug-likeness (QED) is 0.653. The van der Waals surface area contributed by atoms with Crippen LogP contribution in [0.25, 0.3) is 0 Å². The van der Waals surface area contributed by atoms with Crippen molar-refractivity contribution in [2.45, 2.75) is 47.2 Å². The molecule has 0 saturated heterocycles. The second kappa shape index (κ2) is 13.7. The van der Waals surface area contributed by atoms with Crippen molar-refractivity contribution in [2.75, 3.05) is 0 Å². The number of hydrogen-bond donors (Lipinski definition) is 1. The fourth-order valence-corrected chi connectivity index (χ4v) is 2.32. The number of rotatable bonds is 5. The molecule has 1 amide bonds. The summed E-state index contributed by atoms with van der Waals surface area (Å²) in [6.45, 7) is 9.29. The largest absolute Gasteiger partial charge is 0.348 e. The molecule has 2 aromatic carbocycles. The summed E-state index contributed by atoms with van der Waals surface area (Å²) in [4.78, 5) is 12.2. The van der Waals surface area contributed by atoms with Crippen LogP contribution >= 0.6 is 0 Å². The topological polar surface area (TPSA) is 70.7 Å². The number of nitriles is 1. The number of benzene rings is 2. The van der Waals surface area contributed by atoms with Crippen LogP contribution in [-0.2, 0) is 13.1 Å². The Hall–Kier alpha value is -3.39. The molecule has 3 aromatic rings. The lowest BCUT2D eigenvalue weighted by atomic mass is 10.1. The highest BCUT2D eigenvalue weighted by Gasteiger charge is 2.08. The first kappa shape index (κ1) is 23.6. The summed E-state index contributed by atoms with van der Waals surface area (Å²) < 4.78 is 1.74. The highest BCUT2D eigenvalue weighted by Crippen LogP contribution is 2.06. The summed E-state index contributed by atoms with van der Waals surface area (Å²) in [6.07, 6.45) is 4.55. The maximum absolute atomic E-state index is 12.2. The lowest BCUT2D eigenvalue weighted by molar-refractivity contribution is 0.0951. The van der Waals surface area contributed by atoms with Crippen LogP contribution < -0.4 is 5.32 Å². The van der Waals surface area contributed by atoms with Gasteiger partial charge in [0.15, 0.2) is 0 Å².